The first kappa shape index (κ1) is 7.59. The van der Waals surface area contributed by atoms with E-state index < -0.39 is 0 Å². The average molecular weight is 219 g/mol. The fourth-order valence-corrected chi connectivity index (χ4v) is 2.74. The normalized spacial score (nSPS) is 53.7. The Hall–Kier alpha value is -0.0500. The van der Waals surface area contributed by atoms with Crippen molar-refractivity contribution >= 4 is 21.9 Å². The van der Waals surface area contributed by atoms with Crippen molar-refractivity contribution in [3.05, 3.63) is 0 Å². The number of rotatable bonds is 1. The van der Waals surface area contributed by atoms with Crippen LogP contribution in [0.1, 0.15) is 26.7 Å². The maximum atomic E-state index is 11.2. The number of cyclic esters (lactones) is 1. The number of fused-ring (bicyclic) bond motifs is 1. The van der Waals surface area contributed by atoms with Gasteiger partial charge in [0.15, 0.2) is 0 Å². The van der Waals surface area contributed by atoms with E-state index in [1.165, 1.54) is 0 Å². The van der Waals surface area contributed by atoms with Crippen LogP contribution in [0, 0.1) is 5.92 Å². The summed E-state index contributed by atoms with van der Waals surface area (Å²) in [6.45, 7) is 4.08. The van der Waals surface area contributed by atoms with E-state index in [1.807, 2.05) is 6.92 Å². The van der Waals surface area contributed by atoms with E-state index in [2.05, 4.69) is 22.9 Å². The minimum absolute atomic E-state index is 0.0631. The smallest absolute Gasteiger partial charge is 0.323 e. The van der Waals surface area contributed by atoms with Gasteiger partial charge >= 0.3 is 5.97 Å². The summed E-state index contributed by atoms with van der Waals surface area (Å²) in [4.78, 5) is 11.2. The van der Waals surface area contributed by atoms with Gasteiger partial charge in [0.1, 0.15) is 9.93 Å². The summed E-state index contributed by atoms with van der Waals surface area (Å²) >= 11 is 3.42. The predicted molar refractivity (Wildman–Crippen MR) is 44.6 cm³/mol. The molecule has 0 radical (unpaired) electrons. The summed E-state index contributed by atoms with van der Waals surface area (Å²) in [6, 6.07) is 0. The Morgan fingerprint density at radius 1 is 1.82 bits per heavy atom. The summed E-state index contributed by atoms with van der Waals surface area (Å²) in [5.74, 6) is 0.347. The van der Waals surface area contributed by atoms with Crippen molar-refractivity contribution in [1.29, 1.82) is 0 Å². The van der Waals surface area contributed by atoms with Crippen LogP contribution in [-0.2, 0) is 9.53 Å². The zero-order valence-corrected chi connectivity index (χ0v) is 8.27. The summed E-state index contributed by atoms with van der Waals surface area (Å²) in [7, 11) is 0. The summed E-state index contributed by atoms with van der Waals surface area (Å²) in [6.07, 6.45) is 1.87. The molecule has 2 aliphatic rings. The molecule has 1 heterocycles. The quantitative estimate of drug-likeness (QED) is 0.497. The molecule has 1 saturated carbocycles. The van der Waals surface area contributed by atoms with E-state index in [-0.39, 0.29) is 15.9 Å². The molecule has 1 saturated heterocycles. The Bertz CT molecular complexity index is 228. The van der Waals surface area contributed by atoms with Crippen molar-refractivity contribution in [3.8, 4) is 0 Å². The van der Waals surface area contributed by atoms with Crippen LogP contribution in [0.25, 0.3) is 0 Å². The molecule has 0 aromatic carbocycles. The van der Waals surface area contributed by atoms with Gasteiger partial charge in [-0.2, -0.15) is 0 Å². The minimum Gasteiger partial charge on any atom is -0.458 e. The number of hydrogen-bond donors (Lipinski definition) is 0. The van der Waals surface area contributed by atoms with Crippen LogP contribution >= 0.6 is 15.9 Å². The van der Waals surface area contributed by atoms with Crippen LogP contribution in [-0.4, -0.2) is 15.9 Å². The second-order valence-corrected chi connectivity index (χ2v) is 5.09. The Morgan fingerprint density at radius 2 is 2.45 bits per heavy atom. The molecule has 1 aliphatic carbocycles. The highest BCUT2D eigenvalue weighted by Gasteiger charge is 2.73. The zero-order chi connectivity index (χ0) is 8.28. The monoisotopic (exact) mass is 218 g/mol. The molecule has 0 aromatic heterocycles. The maximum Gasteiger partial charge on any atom is 0.323 e. The Balaban J connectivity index is 2.28. The van der Waals surface area contributed by atoms with Gasteiger partial charge in [0, 0.05) is 5.92 Å². The maximum absolute atomic E-state index is 11.2. The Morgan fingerprint density at radius 3 is 2.64 bits per heavy atom. The Labute approximate surface area is 74.4 Å². The fraction of sp³-hybridized carbons (Fsp3) is 0.875. The zero-order valence-electron chi connectivity index (χ0n) is 6.69. The van der Waals surface area contributed by atoms with Crippen molar-refractivity contribution < 1.29 is 9.53 Å². The lowest BCUT2D eigenvalue weighted by atomic mass is 9.98. The van der Waals surface area contributed by atoms with Crippen molar-refractivity contribution in [2.75, 3.05) is 0 Å². The number of ether oxygens (including phenoxy) is 1. The molecule has 0 amide bonds. The van der Waals surface area contributed by atoms with E-state index in [4.69, 9.17) is 4.74 Å². The van der Waals surface area contributed by atoms with Gasteiger partial charge in [0.05, 0.1) is 0 Å². The molecular weight excluding hydrogens is 208 g/mol. The number of esters is 1. The van der Waals surface area contributed by atoms with Gasteiger partial charge in [0.2, 0.25) is 0 Å². The molecule has 0 bridgehead atoms. The fourth-order valence-electron chi connectivity index (χ4n) is 1.85. The van der Waals surface area contributed by atoms with Gasteiger partial charge in [0.25, 0.3) is 0 Å². The van der Waals surface area contributed by atoms with Gasteiger partial charge in [-0.15, -0.1) is 0 Å². The first-order chi connectivity index (χ1) is 5.03. The largest absolute Gasteiger partial charge is 0.458 e. The number of hydrogen-bond acceptors (Lipinski definition) is 2. The van der Waals surface area contributed by atoms with E-state index in [1.54, 1.807) is 0 Å². The SMILES string of the molecule is CCC1(C)OC(=O)C2(Br)CC12. The van der Waals surface area contributed by atoms with E-state index >= 15 is 0 Å². The number of carbonyl (C=O) groups is 1. The van der Waals surface area contributed by atoms with Crippen molar-refractivity contribution in [2.45, 2.75) is 36.6 Å². The molecule has 62 valence electrons. The molecule has 3 atom stereocenters. The van der Waals surface area contributed by atoms with Gasteiger partial charge < -0.3 is 4.74 Å². The van der Waals surface area contributed by atoms with E-state index in [0.717, 1.165) is 12.8 Å². The number of halogens is 1. The molecule has 2 fully saturated rings. The molecule has 2 rings (SSSR count). The lowest BCUT2D eigenvalue weighted by Gasteiger charge is -2.22. The average Bonchev–Trinajstić information content (AvgIpc) is 2.59. The van der Waals surface area contributed by atoms with Gasteiger partial charge in [-0.3, -0.25) is 4.79 Å². The van der Waals surface area contributed by atoms with Crippen LogP contribution in [0.3, 0.4) is 0 Å². The molecule has 11 heavy (non-hydrogen) atoms. The molecule has 3 heteroatoms. The minimum atomic E-state index is -0.294. The van der Waals surface area contributed by atoms with Crippen molar-refractivity contribution in [1.82, 2.24) is 0 Å². The molecular formula is C8H11BrO2. The molecule has 0 N–H and O–H groups in total. The van der Waals surface area contributed by atoms with Gasteiger partial charge in [-0.1, -0.05) is 22.9 Å². The van der Waals surface area contributed by atoms with Crippen LogP contribution in [0.2, 0.25) is 0 Å². The molecule has 2 nitrogen and oxygen atoms in total. The summed E-state index contributed by atoms with van der Waals surface area (Å²) < 4.78 is 4.98. The highest BCUT2D eigenvalue weighted by atomic mass is 79.9. The third-order valence-corrected chi connectivity index (χ3v) is 4.20. The van der Waals surface area contributed by atoms with Crippen molar-refractivity contribution in [2.24, 2.45) is 5.92 Å². The molecule has 1 aliphatic heterocycles. The first-order valence-corrected chi connectivity index (χ1v) is 4.74. The van der Waals surface area contributed by atoms with E-state index in [9.17, 15) is 4.79 Å². The van der Waals surface area contributed by atoms with Gasteiger partial charge in [-0.05, 0) is 19.8 Å². The summed E-state index contributed by atoms with van der Waals surface area (Å²) in [5.41, 5.74) is -0.194. The molecule has 0 spiro atoms. The molecule has 0 aromatic rings. The standard InChI is InChI=1S/C8H11BrO2/c1-3-7(2)5-4-8(5,9)6(10)11-7/h5H,3-4H2,1-2H3. The Kier molecular flexibility index (Phi) is 1.25. The third-order valence-electron chi connectivity index (χ3n) is 3.00. The van der Waals surface area contributed by atoms with E-state index in [0.29, 0.717) is 5.92 Å². The predicted octanol–water partition coefficient (Wildman–Crippen LogP) is 1.87. The number of alkyl halides is 1. The summed E-state index contributed by atoms with van der Waals surface area (Å²) in [5, 5.41) is 0. The van der Waals surface area contributed by atoms with Crippen LogP contribution < -0.4 is 0 Å². The lowest BCUT2D eigenvalue weighted by molar-refractivity contribution is -0.151. The topological polar surface area (TPSA) is 26.3 Å². The second kappa shape index (κ2) is 1.82. The highest BCUT2D eigenvalue weighted by Crippen LogP contribution is 2.64. The third kappa shape index (κ3) is 0.750. The number of carbonyl (C=O) groups excluding carboxylic acids is 1. The second-order valence-electron chi connectivity index (χ2n) is 3.67. The van der Waals surface area contributed by atoms with Crippen LogP contribution in [0.15, 0.2) is 0 Å². The van der Waals surface area contributed by atoms with Gasteiger partial charge in [-0.25, -0.2) is 0 Å². The van der Waals surface area contributed by atoms with Crippen LogP contribution in [0.4, 0.5) is 0 Å². The van der Waals surface area contributed by atoms with Crippen molar-refractivity contribution in [3.63, 3.8) is 0 Å². The molecule has 3 unspecified atom stereocenters. The van der Waals surface area contributed by atoms with Crippen LogP contribution in [0.5, 0.6) is 0 Å². The first-order valence-electron chi connectivity index (χ1n) is 3.95. The lowest BCUT2D eigenvalue weighted by Crippen LogP contribution is -2.27. The highest BCUT2D eigenvalue weighted by molar-refractivity contribution is 9.10.